The lowest BCUT2D eigenvalue weighted by Crippen LogP contribution is -2.12. The molecule has 9 heteroatoms. The van der Waals surface area contributed by atoms with Crippen LogP contribution in [0.1, 0.15) is 11.4 Å². The van der Waals surface area contributed by atoms with Crippen LogP contribution in [0.15, 0.2) is 30.5 Å². The number of benzene rings is 1. The lowest BCUT2D eigenvalue weighted by molar-refractivity contribution is -0.392. The summed E-state index contributed by atoms with van der Waals surface area (Å²) in [5.74, 6) is -0.792. The van der Waals surface area contributed by atoms with E-state index >= 15 is 0 Å². The van der Waals surface area contributed by atoms with Crippen molar-refractivity contribution in [3.63, 3.8) is 0 Å². The molecule has 8 nitrogen and oxygen atoms in total. The summed E-state index contributed by atoms with van der Waals surface area (Å²) in [6, 6.07) is 4.26. The Morgan fingerprint density at radius 3 is 2.88 bits per heavy atom. The number of imidazole rings is 1. The van der Waals surface area contributed by atoms with Crippen molar-refractivity contribution in [3.8, 4) is 5.75 Å². The number of aryl methyl sites for hydroxylation is 1. The third-order valence-electron chi connectivity index (χ3n) is 3.37. The predicted molar refractivity (Wildman–Crippen MR) is 86.6 cm³/mol. The van der Waals surface area contributed by atoms with Gasteiger partial charge in [-0.2, -0.15) is 0 Å². The SMILES string of the molecule is COc1ccc(/C=C/C(=O)OCCn2c([N+](=O)[O-])cnc2C)cc1F. The van der Waals surface area contributed by atoms with Gasteiger partial charge in [0, 0.05) is 13.0 Å². The molecule has 0 saturated heterocycles. The molecular weight excluding hydrogens is 333 g/mol. The van der Waals surface area contributed by atoms with Gasteiger partial charge in [-0.1, -0.05) is 6.07 Å². The highest BCUT2D eigenvalue weighted by Crippen LogP contribution is 2.18. The standard InChI is InChI=1S/C16H16FN3O5/c1-11-18-10-15(20(22)23)19(11)7-8-25-16(21)6-4-12-3-5-14(24-2)13(17)9-12/h3-6,9-10H,7-8H2,1-2H3/b6-4+. The van der Waals surface area contributed by atoms with Crippen molar-refractivity contribution < 1.29 is 23.6 Å². The zero-order valence-corrected chi connectivity index (χ0v) is 13.6. The number of esters is 1. The molecule has 0 aliphatic rings. The van der Waals surface area contributed by atoms with E-state index in [-0.39, 0.29) is 24.7 Å². The second-order valence-corrected chi connectivity index (χ2v) is 4.97. The van der Waals surface area contributed by atoms with Gasteiger partial charge in [0.15, 0.2) is 17.4 Å². The van der Waals surface area contributed by atoms with Crippen LogP contribution in [0.3, 0.4) is 0 Å². The van der Waals surface area contributed by atoms with Gasteiger partial charge in [0.2, 0.25) is 0 Å². The Morgan fingerprint density at radius 1 is 1.48 bits per heavy atom. The van der Waals surface area contributed by atoms with E-state index in [2.05, 4.69) is 4.98 Å². The number of carbonyl (C=O) groups excluding carboxylic acids is 1. The van der Waals surface area contributed by atoms with Gasteiger partial charge >= 0.3 is 11.8 Å². The van der Waals surface area contributed by atoms with Crippen molar-refractivity contribution in [3.05, 3.63) is 57.8 Å². The maximum Gasteiger partial charge on any atom is 0.342 e. The Labute approximate surface area is 142 Å². The van der Waals surface area contributed by atoms with E-state index in [4.69, 9.17) is 9.47 Å². The molecule has 0 aliphatic heterocycles. The Hall–Kier alpha value is -3.23. The molecular formula is C16H16FN3O5. The number of ether oxygens (including phenoxy) is 2. The van der Waals surface area contributed by atoms with Crippen LogP contribution in [0.4, 0.5) is 10.2 Å². The molecule has 0 N–H and O–H groups in total. The van der Waals surface area contributed by atoms with Crippen LogP contribution in [0.5, 0.6) is 5.75 Å². The van der Waals surface area contributed by atoms with E-state index in [1.807, 2.05) is 0 Å². The third-order valence-corrected chi connectivity index (χ3v) is 3.37. The molecule has 1 aromatic carbocycles. The number of aromatic nitrogens is 2. The zero-order chi connectivity index (χ0) is 18.4. The zero-order valence-electron chi connectivity index (χ0n) is 13.6. The third kappa shape index (κ3) is 4.63. The van der Waals surface area contributed by atoms with Crippen LogP contribution in [-0.4, -0.2) is 34.2 Å². The highest BCUT2D eigenvalue weighted by molar-refractivity contribution is 5.87. The summed E-state index contributed by atoms with van der Waals surface area (Å²) in [5.41, 5.74) is 0.469. The van der Waals surface area contributed by atoms with Crippen LogP contribution in [-0.2, 0) is 16.1 Å². The second kappa shape index (κ2) is 8.04. The lowest BCUT2D eigenvalue weighted by atomic mass is 10.2. The fourth-order valence-electron chi connectivity index (χ4n) is 2.11. The number of methoxy groups -OCH3 is 1. The van der Waals surface area contributed by atoms with Crippen LogP contribution in [0.2, 0.25) is 0 Å². The van der Waals surface area contributed by atoms with Crippen LogP contribution >= 0.6 is 0 Å². The quantitative estimate of drug-likeness (QED) is 0.330. The first-order valence-electron chi connectivity index (χ1n) is 7.27. The van der Waals surface area contributed by atoms with Crippen LogP contribution in [0, 0.1) is 22.9 Å². The lowest BCUT2D eigenvalue weighted by Gasteiger charge is -2.04. The summed E-state index contributed by atoms with van der Waals surface area (Å²) in [7, 11) is 1.36. The molecule has 2 rings (SSSR count). The molecule has 2 aromatic rings. The number of halogens is 1. The topological polar surface area (TPSA) is 96.5 Å². The van der Waals surface area contributed by atoms with E-state index in [0.29, 0.717) is 11.4 Å². The molecule has 25 heavy (non-hydrogen) atoms. The summed E-state index contributed by atoms with van der Waals surface area (Å²) in [5, 5.41) is 10.9. The van der Waals surface area contributed by atoms with E-state index < -0.39 is 16.7 Å². The van der Waals surface area contributed by atoms with Gasteiger partial charge in [0.25, 0.3) is 0 Å². The average molecular weight is 349 g/mol. The Balaban J connectivity index is 1.90. The fraction of sp³-hybridized carbons (Fsp3) is 0.250. The average Bonchev–Trinajstić information content (AvgIpc) is 2.94. The van der Waals surface area contributed by atoms with Gasteiger partial charge in [-0.25, -0.2) is 18.7 Å². The van der Waals surface area contributed by atoms with Crippen molar-refractivity contribution in [2.45, 2.75) is 13.5 Å². The first kappa shape index (κ1) is 18.1. The number of rotatable bonds is 7. The molecule has 1 heterocycles. The number of nitro groups is 1. The van der Waals surface area contributed by atoms with Crippen molar-refractivity contribution in [1.29, 1.82) is 0 Å². The first-order valence-corrected chi connectivity index (χ1v) is 7.27. The predicted octanol–water partition coefficient (Wildman–Crippen LogP) is 2.50. The maximum atomic E-state index is 13.5. The van der Waals surface area contributed by atoms with Gasteiger partial charge in [-0.3, -0.25) is 0 Å². The number of hydrogen-bond acceptors (Lipinski definition) is 6. The van der Waals surface area contributed by atoms with E-state index in [1.54, 1.807) is 13.0 Å². The molecule has 0 amide bonds. The molecule has 1 aromatic heterocycles. The van der Waals surface area contributed by atoms with Crippen molar-refractivity contribution in [2.75, 3.05) is 13.7 Å². The van der Waals surface area contributed by atoms with E-state index in [0.717, 1.165) is 12.3 Å². The largest absolute Gasteiger partial charge is 0.494 e. The smallest absolute Gasteiger partial charge is 0.342 e. The molecule has 0 spiro atoms. The highest BCUT2D eigenvalue weighted by atomic mass is 19.1. The van der Waals surface area contributed by atoms with Crippen LogP contribution < -0.4 is 4.74 Å². The van der Waals surface area contributed by atoms with Gasteiger partial charge < -0.3 is 19.6 Å². The van der Waals surface area contributed by atoms with Gasteiger partial charge in [0.05, 0.1) is 7.11 Å². The van der Waals surface area contributed by atoms with E-state index in [9.17, 15) is 19.3 Å². The summed E-state index contributed by atoms with van der Waals surface area (Å²) >= 11 is 0. The first-order chi connectivity index (χ1) is 11.9. The second-order valence-electron chi connectivity index (χ2n) is 4.97. The normalized spacial score (nSPS) is 10.8. The minimum absolute atomic E-state index is 0.0574. The molecule has 0 radical (unpaired) electrons. The number of hydrogen-bond donors (Lipinski definition) is 0. The van der Waals surface area contributed by atoms with Crippen molar-refractivity contribution >= 4 is 17.9 Å². The summed E-state index contributed by atoms with van der Waals surface area (Å²) in [6.45, 7) is 1.67. The minimum atomic E-state index is -0.642. The Bertz CT molecular complexity index is 816. The Morgan fingerprint density at radius 2 is 2.24 bits per heavy atom. The van der Waals surface area contributed by atoms with Crippen molar-refractivity contribution in [2.24, 2.45) is 0 Å². The van der Waals surface area contributed by atoms with Crippen molar-refractivity contribution in [1.82, 2.24) is 9.55 Å². The monoisotopic (exact) mass is 349 g/mol. The van der Waals surface area contributed by atoms with Gasteiger partial charge in [0.1, 0.15) is 19.3 Å². The molecule has 0 aliphatic carbocycles. The summed E-state index contributed by atoms with van der Waals surface area (Å²) in [4.78, 5) is 25.8. The molecule has 0 unspecified atom stereocenters. The summed E-state index contributed by atoms with van der Waals surface area (Å²) < 4.78 is 24.7. The fourth-order valence-corrected chi connectivity index (χ4v) is 2.11. The molecule has 0 atom stereocenters. The number of nitrogens with zero attached hydrogens (tertiary/aromatic N) is 3. The van der Waals surface area contributed by atoms with Gasteiger partial charge in [-0.05, 0) is 28.7 Å². The molecule has 0 bridgehead atoms. The number of carbonyl (C=O) groups is 1. The van der Waals surface area contributed by atoms with Crippen LogP contribution in [0.25, 0.3) is 6.08 Å². The molecule has 132 valence electrons. The maximum absolute atomic E-state index is 13.5. The van der Waals surface area contributed by atoms with Gasteiger partial charge in [-0.15, -0.1) is 0 Å². The minimum Gasteiger partial charge on any atom is -0.494 e. The Kier molecular flexibility index (Phi) is 5.83. The molecule has 0 saturated carbocycles. The van der Waals surface area contributed by atoms with E-state index in [1.165, 1.54) is 29.9 Å². The summed E-state index contributed by atoms with van der Waals surface area (Å²) in [6.07, 6.45) is 3.70. The highest BCUT2D eigenvalue weighted by Gasteiger charge is 2.17. The molecule has 0 fully saturated rings.